The molecule has 0 bridgehead atoms. The van der Waals surface area contributed by atoms with Crippen molar-refractivity contribution in [3.63, 3.8) is 0 Å². The van der Waals surface area contributed by atoms with Crippen LogP contribution in [0.15, 0.2) is 11.4 Å². The summed E-state index contributed by atoms with van der Waals surface area (Å²) < 4.78 is 0. The summed E-state index contributed by atoms with van der Waals surface area (Å²) >= 11 is 1.86. The SMILES string of the molecule is CCC1(CC)CNC1c1csc(C)c1. The molecule has 0 spiro atoms. The average Bonchev–Trinajstić information content (AvgIpc) is 2.53. The third-order valence-electron chi connectivity index (χ3n) is 3.76. The normalized spacial score (nSPS) is 24.6. The Balaban J connectivity index is 2.20. The Morgan fingerprint density at radius 2 is 2.21 bits per heavy atom. The van der Waals surface area contributed by atoms with Gasteiger partial charge < -0.3 is 5.32 Å². The molecule has 1 unspecified atom stereocenters. The van der Waals surface area contributed by atoms with E-state index in [2.05, 4.69) is 37.5 Å². The van der Waals surface area contributed by atoms with Crippen LogP contribution in [0, 0.1) is 12.3 Å². The standard InChI is InChI=1S/C12H19NS/c1-4-12(5-2)8-13-11(12)10-6-9(3)14-7-10/h6-7,11,13H,4-5,8H2,1-3H3. The molecule has 1 aliphatic rings. The largest absolute Gasteiger partial charge is 0.309 e. The van der Waals surface area contributed by atoms with Gasteiger partial charge in [0.25, 0.3) is 0 Å². The van der Waals surface area contributed by atoms with Gasteiger partial charge in [-0.1, -0.05) is 13.8 Å². The molecule has 0 saturated carbocycles. The quantitative estimate of drug-likeness (QED) is 0.803. The van der Waals surface area contributed by atoms with E-state index in [-0.39, 0.29) is 0 Å². The first-order valence-electron chi connectivity index (χ1n) is 5.50. The van der Waals surface area contributed by atoms with Crippen LogP contribution < -0.4 is 5.32 Å². The minimum absolute atomic E-state index is 0.535. The van der Waals surface area contributed by atoms with E-state index >= 15 is 0 Å². The van der Waals surface area contributed by atoms with Crippen LogP contribution in [0.1, 0.15) is 43.2 Å². The molecule has 1 nitrogen and oxygen atoms in total. The summed E-state index contributed by atoms with van der Waals surface area (Å²) in [4.78, 5) is 1.43. The van der Waals surface area contributed by atoms with Gasteiger partial charge in [-0.2, -0.15) is 0 Å². The van der Waals surface area contributed by atoms with Gasteiger partial charge in [0.15, 0.2) is 0 Å². The maximum atomic E-state index is 3.57. The lowest BCUT2D eigenvalue weighted by molar-refractivity contribution is 0.0711. The highest BCUT2D eigenvalue weighted by Crippen LogP contribution is 2.47. The number of thiophene rings is 1. The maximum absolute atomic E-state index is 3.57. The van der Waals surface area contributed by atoms with Crippen molar-refractivity contribution < 1.29 is 0 Å². The zero-order valence-corrected chi connectivity index (χ0v) is 10.1. The Hall–Kier alpha value is -0.340. The van der Waals surface area contributed by atoms with Gasteiger partial charge >= 0.3 is 0 Å². The summed E-state index contributed by atoms with van der Waals surface area (Å²) in [6.45, 7) is 8.01. The van der Waals surface area contributed by atoms with E-state index in [1.165, 1.54) is 29.8 Å². The monoisotopic (exact) mass is 209 g/mol. The van der Waals surface area contributed by atoms with E-state index in [9.17, 15) is 0 Å². The Bertz CT molecular complexity index is 306. The topological polar surface area (TPSA) is 12.0 Å². The lowest BCUT2D eigenvalue weighted by atomic mass is 9.67. The molecule has 1 aromatic heterocycles. The van der Waals surface area contributed by atoms with E-state index < -0.39 is 0 Å². The van der Waals surface area contributed by atoms with Crippen molar-refractivity contribution in [2.45, 2.75) is 39.7 Å². The molecule has 78 valence electrons. The van der Waals surface area contributed by atoms with Gasteiger partial charge in [0.2, 0.25) is 0 Å². The molecule has 1 aliphatic heterocycles. The third kappa shape index (κ3) is 1.41. The molecular weight excluding hydrogens is 190 g/mol. The highest BCUT2D eigenvalue weighted by atomic mass is 32.1. The van der Waals surface area contributed by atoms with E-state index in [0.717, 1.165) is 0 Å². The molecule has 1 N–H and O–H groups in total. The molecule has 2 rings (SSSR count). The highest BCUT2D eigenvalue weighted by Gasteiger charge is 2.44. The molecule has 0 amide bonds. The summed E-state index contributed by atoms with van der Waals surface area (Å²) in [5.41, 5.74) is 2.04. The van der Waals surface area contributed by atoms with Crippen molar-refractivity contribution in [1.29, 1.82) is 0 Å². The van der Waals surface area contributed by atoms with Gasteiger partial charge in [0, 0.05) is 22.9 Å². The van der Waals surface area contributed by atoms with E-state index in [0.29, 0.717) is 11.5 Å². The lowest BCUT2D eigenvalue weighted by Gasteiger charge is -2.50. The summed E-state index contributed by atoms with van der Waals surface area (Å²) in [7, 11) is 0. The Kier molecular flexibility index (Phi) is 2.67. The van der Waals surface area contributed by atoms with Crippen molar-refractivity contribution in [3.8, 4) is 0 Å². The van der Waals surface area contributed by atoms with Crippen LogP contribution in [-0.4, -0.2) is 6.54 Å². The zero-order valence-electron chi connectivity index (χ0n) is 9.26. The number of nitrogens with one attached hydrogen (secondary N) is 1. The summed E-state index contributed by atoms with van der Waals surface area (Å²) in [5.74, 6) is 0. The highest BCUT2D eigenvalue weighted by molar-refractivity contribution is 7.10. The fraction of sp³-hybridized carbons (Fsp3) is 0.667. The molecule has 0 aromatic carbocycles. The number of aryl methyl sites for hydroxylation is 1. The average molecular weight is 209 g/mol. The molecule has 14 heavy (non-hydrogen) atoms. The van der Waals surface area contributed by atoms with Crippen molar-refractivity contribution >= 4 is 11.3 Å². The maximum Gasteiger partial charge on any atom is 0.0397 e. The zero-order chi connectivity index (χ0) is 10.2. The second-order valence-electron chi connectivity index (χ2n) is 4.37. The first kappa shape index (κ1) is 10.2. The molecule has 1 saturated heterocycles. The number of hydrogen-bond donors (Lipinski definition) is 1. The first-order chi connectivity index (χ1) is 6.72. The van der Waals surface area contributed by atoms with E-state index in [4.69, 9.17) is 0 Å². The third-order valence-corrected chi connectivity index (χ3v) is 4.64. The van der Waals surface area contributed by atoms with Crippen LogP contribution in [0.2, 0.25) is 0 Å². The molecule has 2 heteroatoms. The minimum Gasteiger partial charge on any atom is -0.309 e. The van der Waals surface area contributed by atoms with Crippen LogP contribution in [-0.2, 0) is 0 Å². The number of hydrogen-bond acceptors (Lipinski definition) is 2. The van der Waals surface area contributed by atoms with Gasteiger partial charge in [-0.25, -0.2) is 0 Å². The fourth-order valence-electron chi connectivity index (χ4n) is 2.49. The molecule has 2 heterocycles. The van der Waals surface area contributed by atoms with Gasteiger partial charge in [-0.15, -0.1) is 11.3 Å². The lowest BCUT2D eigenvalue weighted by Crippen LogP contribution is -2.55. The van der Waals surface area contributed by atoms with Crippen LogP contribution in [0.3, 0.4) is 0 Å². The van der Waals surface area contributed by atoms with Crippen LogP contribution >= 0.6 is 11.3 Å². The van der Waals surface area contributed by atoms with E-state index in [1.807, 2.05) is 11.3 Å². The molecule has 1 fully saturated rings. The Morgan fingerprint density at radius 1 is 1.50 bits per heavy atom. The predicted molar refractivity (Wildman–Crippen MR) is 62.8 cm³/mol. The first-order valence-corrected chi connectivity index (χ1v) is 6.38. The van der Waals surface area contributed by atoms with Crippen LogP contribution in [0.4, 0.5) is 0 Å². The van der Waals surface area contributed by atoms with Gasteiger partial charge in [0.1, 0.15) is 0 Å². The van der Waals surface area contributed by atoms with Gasteiger partial charge in [0.05, 0.1) is 0 Å². The molecule has 1 aromatic rings. The van der Waals surface area contributed by atoms with Crippen molar-refractivity contribution in [2.24, 2.45) is 5.41 Å². The minimum atomic E-state index is 0.535. The predicted octanol–water partition coefficient (Wildman–Crippen LogP) is 3.51. The Morgan fingerprint density at radius 3 is 2.57 bits per heavy atom. The number of rotatable bonds is 3. The van der Waals surface area contributed by atoms with Gasteiger partial charge in [-0.05, 0) is 36.8 Å². The smallest absolute Gasteiger partial charge is 0.0397 e. The summed E-state index contributed by atoms with van der Waals surface area (Å²) in [5, 5.41) is 5.89. The van der Waals surface area contributed by atoms with Gasteiger partial charge in [-0.3, -0.25) is 0 Å². The van der Waals surface area contributed by atoms with Crippen molar-refractivity contribution in [2.75, 3.05) is 6.54 Å². The Labute approximate surface area is 90.5 Å². The second kappa shape index (κ2) is 3.67. The van der Waals surface area contributed by atoms with Crippen LogP contribution in [0.5, 0.6) is 0 Å². The van der Waals surface area contributed by atoms with Crippen LogP contribution in [0.25, 0.3) is 0 Å². The molecule has 1 atom stereocenters. The fourth-order valence-corrected chi connectivity index (χ4v) is 3.22. The summed E-state index contributed by atoms with van der Waals surface area (Å²) in [6.07, 6.45) is 2.58. The van der Waals surface area contributed by atoms with Crippen molar-refractivity contribution in [1.82, 2.24) is 5.32 Å². The molecule has 0 aliphatic carbocycles. The van der Waals surface area contributed by atoms with E-state index in [1.54, 1.807) is 0 Å². The summed E-state index contributed by atoms with van der Waals surface area (Å²) in [6, 6.07) is 2.95. The second-order valence-corrected chi connectivity index (χ2v) is 5.49. The molecular formula is C12H19NS. The van der Waals surface area contributed by atoms with Crippen molar-refractivity contribution in [3.05, 3.63) is 21.9 Å². The molecule has 0 radical (unpaired) electrons.